The minimum atomic E-state index is -0.829. The van der Waals surface area contributed by atoms with Gasteiger partial charge in [-0.25, -0.2) is 0 Å². The summed E-state index contributed by atoms with van der Waals surface area (Å²) in [5.41, 5.74) is 0. The normalized spacial score (nSPS) is 12.9. The van der Waals surface area contributed by atoms with Crippen molar-refractivity contribution in [2.45, 2.75) is 303 Å². The Hall–Kier alpha value is -4.19. The molecule has 0 rings (SSSR count). The Morgan fingerprint density at radius 2 is 0.526 bits per heavy atom. The van der Waals surface area contributed by atoms with Gasteiger partial charge in [-0.05, 0) is 122 Å². The van der Waals surface area contributed by atoms with Crippen molar-refractivity contribution < 1.29 is 28.6 Å². The average Bonchev–Trinajstić information content (AvgIpc) is 3.44. The van der Waals surface area contributed by atoms with E-state index in [1.807, 2.05) is 6.08 Å². The minimum Gasteiger partial charge on any atom is -0.462 e. The predicted molar refractivity (Wildman–Crippen MR) is 339 cm³/mol. The smallest absolute Gasteiger partial charge is 0.306 e. The number of rotatable bonds is 58. The Bertz CT molecular complexity index is 1620. The Labute approximate surface area is 482 Å². The molecule has 0 aliphatic rings. The Kier molecular flexibility index (Phi) is 61.8. The minimum absolute atomic E-state index is 0.115. The molecule has 0 N–H and O–H groups in total. The highest BCUT2D eigenvalue weighted by Gasteiger charge is 2.19. The van der Waals surface area contributed by atoms with Crippen molar-refractivity contribution in [3.05, 3.63) is 122 Å². The lowest BCUT2D eigenvalue weighted by atomic mass is 10.1. The van der Waals surface area contributed by atoms with Gasteiger partial charge in [-0.2, -0.15) is 0 Å². The highest BCUT2D eigenvalue weighted by atomic mass is 16.6. The zero-order valence-corrected chi connectivity index (χ0v) is 50.9. The van der Waals surface area contributed by atoms with Gasteiger partial charge in [0.15, 0.2) is 6.10 Å². The second-order valence-corrected chi connectivity index (χ2v) is 21.3. The molecule has 0 saturated carbocycles. The summed E-state index contributed by atoms with van der Waals surface area (Å²) in [6, 6.07) is 0. The van der Waals surface area contributed by atoms with Crippen LogP contribution in [0.2, 0.25) is 0 Å². The first-order valence-electron chi connectivity index (χ1n) is 32.5. The van der Waals surface area contributed by atoms with Crippen LogP contribution in [0.25, 0.3) is 0 Å². The number of carbonyl (C=O) groups excluding carboxylic acids is 3. The number of hydrogen-bond donors (Lipinski definition) is 0. The molecule has 0 spiro atoms. The van der Waals surface area contributed by atoms with Crippen molar-refractivity contribution in [1.29, 1.82) is 0 Å². The lowest BCUT2D eigenvalue weighted by molar-refractivity contribution is -0.166. The van der Waals surface area contributed by atoms with Crippen LogP contribution in [0.15, 0.2) is 122 Å². The number of hydrogen-bond acceptors (Lipinski definition) is 6. The van der Waals surface area contributed by atoms with Crippen molar-refractivity contribution in [3.63, 3.8) is 0 Å². The van der Waals surface area contributed by atoms with Gasteiger partial charge >= 0.3 is 17.9 Å². The molecule has 0 amide bonds. The van der Waals surface area contributed by atoms with E-state index in [2.05, 4.69) is 136 Å². The summed E-state index contributed by atoms with van der Waals surface area (Å²) in [7, 11) is 0. The molecule has 0 bridgehead atoms. The van der Waals surface area contributed by atoms with E-state index in [1.54, 1.807) is 0 Å². The number of esters is 3. The van der Waals surface area contributed by atoms with E-state index < -0.39 is 12.1 Å². The molecule has 0 aliphatic carbocycles. The third kappa shape index (κ3) is 62.7. The maximum Gasteiger partial charge on any atom is 0.306 e. The summed E-state index contributed by atoms with van der Waals surface area (Å²) in [4.78, 5) is 38.3. The van der Waals surface area contributed by atoms with Crippen LogP contribution in [-0.4, -0.2) is 37.2 Å². The Balaban J connectivity index is 4.50. The van der Waals surface area contributed by atoms with Gasteiger partial charge in [0.2, 0.25) is 0 Å². The van der Waals surface area contributed by atoms with Crippen LogP contribution in [-0.2, 0) is 28.6 Å². The summed E-state index contributed by atoms with van der Waals surface area (Å²) < 4.78 is 16.9. The number of carbonyl (C=O) groups is 3. The molecule has 444 valence electrons. The fraction of sp³-hybridized carbons (Fsp3) is 0.681. The molecule has 0 heterocycles. The average molecular weight is 1080 g/mol. The summed E-state index contributed by atoms with van der Waals surface area (Å²) in [6.45, 7) is 6.46. The largest absolute Gasteiger partial charge is 0.462 e. The van der Waals surface area contributed by atoms with Gasteiger partial charge in [-0.3, -0.25) is 14.4 Å². The molecule has 1 atom stereocenters. The van der Waals surface area contributed by atoms with E-state index in [0.717, 1.165) is 96.3 Å². The third-order valence-electron chi connectivity index (χ3n) is 13.7. The zero-order chi connectivity index (χ0) is 56.4. The molecule has 0 aliphatic heterocycles. The second kappa shape index (κ2) is 65.3. The highest BCUT2D eigenvalue weighted by molar-refractivity contribution is 5.71. The molecule has 0 aromatic heterocycles. The van der Waals surface area contributed by atoms with Crippen molar-refractivity contribution >= 4 is 17.9 Å². The second-order valence-electron chi connectivity index (χ2n) is 21.3. The number of ether oxygens (including phenoxy) is 3. The van der Waals surface area contributed by atoms with Gasteiger partial charge in [-0.1, -0.05) is 277 Å². The first-order chi connectivity index (χ1) is 38.5. The van der Waals surface area contributed by atoms with Crippen molar-refractivity contribution in [3.8, 4) is 0 Å². The SMILES string of the molecule is CC/C=C\C/C=C\C/C=C\C/C=C\C/C=C\C/C=C\CCC(=O)OC(COC(=O)CCCCCCCCC/C=C\CCCCCCCCC)COC(=O)CCCCCCCCCC/C=C\C/C=C\C/C=C\CCCCCCC. The Morgan fingerprint density at radius 3 is 0.846 bits per heavy atom. The predicted octanol–water partition coefficient (Wildman–Crippen LogP) is 22.4. The lowest BCUT2D eigenvalue weighted by Crippen LogP contribution is -2.30. The van der Waals surface area contributed by atoms with Crippen LogP contribution < -0.4 is 0 Å². The fourth-order valence-electron chi connectivity index (χ4n) is 8.82. The summed E-state index contributed by atoms with van der Waals surface area (Å²) >= 11 is 0. The first-order valence-corrected chi connectivity index (χ1v) is 32.5. The Morgan fingerprint density at radius 1 is 0.269 bits per heavy atom. The van der Waals surface area contributed by atoms with E-state index in [0.29, 0.717) is 19.3 Å². The van der Waals surface area contributed by atoms with Gasteiger partial charge in [0.25, 0.3) is 0 Å². The first kappa shape index (κ1) is 73.8. The fourth-order valence-corrected chi connectivity index (χ4v) is 8.82. The van der Waals surface area contributed by atoms with Crippen molar-refractivity contribution in [2.24, 2.45) is 0 Å². The van der Waals surface area contributed by atoms with Crippen LogP contribution in [0.1, 0.15) is 297 Å². The molecule has 78 heavy (non-hydrogen) atoms. The summed E-state index contributed by atoms with van der Waals surface area (Å²) in [5, 5.41) is 0. The van der Waals surface area contributed by atoms with Crippen LogP contribution in [0.3, 0.4) is 0 Å². The van der Waals surface area contributed by atoms with Gasteiger partial charge in [0.05, 0.1) is 0 Å². The molecule has 6 nitrogen and oxygen atoms in total. The van der Waals surface area contributed by atoms with Gasteiger partial charge < -0.3 is 14.2 Å². The summed E-state index contributed by atoms with van der Waals surface area (Å²) in [6.07, 6.45) is 90.7. The molecule has 0 radical (unpaired) electrons. The van der Waals surface area contributed by atoms with Crippen LogP contribution in [0.4, 0.5) is 0 Å². The molecule has 0 aromatic carbocycles. The molecule has 6 heteroatoms. The van der Waals surface area contributed by atoms with Crippen molar-refractivity contribution in [2.75, 3.05) is 13.2 Å². The number of unbranched alkanes of at least 4 members (excludes halogenated alkanes) is 27. The van der Waals surface area contributed by atoms with Crippen LogP contribution in [0, 0.1) is 0 Å². The lowest BCUT2D eigenvalue weighted by Gasteiger charge is -2.18. The molecule has 1 unspecified atom stereocenters. The number of allylic oxidation sites excluding steroid dienone is 20. The maximum atomic E-state index is 12.9. The topological polar surface area (TPSA) is 78.9 Å². The van der Waals surface area contributed by atoms with E-state index >= 15 is 0 Å². The van der Waals surface area contributed by atoms with Crippen molar-refractivity contribution in [1.82, 2.24) is 0 Å². The van der Waals surface area contributed by atoms with Crippen LogP contribution >= 0.6 is 0 Å². The quantitative estimate of drug-likeness (QED) is 0.0261. The van der Waals surface area contributed by atoms with Gasteiger partial charge in [0, 0.05) is 19.3 Å². The van der Waals surface area contributed by atoms with E-state index in [1.165, 1.54) is 154 Å². The molecular weight excluding hydrogens is 961 g/mol. The zero-order valence-electron chi connectivity index (χ0n) is 50.9. The third-order valence-corrected chi connectivity index (χ3v) is 13.7. The molecule has 0 aromatic rings. The molecular formula is C72H120O6. The van der Waals surface area contributed by atoms with Crippen LogP contribution in [0.5, 0.6) is 0 Å². The standard InChI is InChI=1S/C72H120O6/c1-4-7-10-13-16-19-22-25-28-31-34-35-36-37-39-41-44-47-50-53-56-59-62-65-71(74)77-68-69(67-76-70(73)64-61-58-55-52-49-46-43-40-33-30-27-24-21-18-15-12-9-6-3)78-72(75)66-63-60-57-54-51-48-45-42-38-32-29-26-23-20-17-14-11-8-5-2/h8,11,17,20,22,25-26,29-31,33-34,36-38,42,48,51,57,60,69H,4-7,9-10,12-16,18-19,21,23-24,27-28,32,35,39-41,43-47,49-50,52-56,58-59,61-68H2,1-3H3/b11-8-,20-17-,25-22-,29-26-,33-30-,34-31-,37-36-,42-38-,51-48-,60-57-. The summed E-state index contributed by atoms with van der Waals surface area (Å²) in [5.74, 6) is -1.01. The van der Waals surface area contributed by atoms with E-state index in [9.17, 15) is 14.4 Å². The monoisotopic (exact) mass is 1080 g/mol. The molecule has 0 fully saturated rings. The van der Waals surface area contributed by atoms with Gasteiger partial charge in [0.1, 0.15) is 13.2 Å². The maximum absolute atomic E-state index is 12.9. The highest BCUT2D eigenvalue weighted by Crippen LogP contribution is 2.15. The van der Waals surface area contributed by atoms with Gasteiger partial charge in [-0.15, -0.1) is 0 Å². The van der Waals surface area contributed by atoms with E-state index in [-0.39, 0.29) is 31.6 Å². The molecule has 0 saturated heterocycles. The van der Waals surface area contributed by atoms with E-state index in [4.69, 9.17) is 14.2 Å².